The normalized spacial score (nSPS) is 14.1. The summed E-state index contributed by atoms with van der Waals surface area (Å²) in [7, 11) is 0. The van der Waals surface area contributed by atoms with Crippen LogP contribution in [0.15, 0.2) is 36.4 Å². The Morgan fingerprint density at radius 3 is 2.14 bits per heavy atom. The smallest absolute Gasteiger partial charge is 0.310 e. The molecule has 0 bridgehead atoms. The Morgan fingerprint density at radius 1 is 0.821 bits per heavy atom. The molecular weight excluding hydrogens is 366 g/mol. The lowest BCUT2D eigenvalue weighted by Gasteiger charge is -2.19. The van der Waals surface area contributed by atoms with Gasteiger partial charge >= 0.3 is 5.97 Å². The number of benzene rings is 2. The number of rotatable bonds is 5. The molecule has 146 valence electrons. The van der Waals surface area contributed by atoms with Crippen molar-refractivity contribution in [2.45, 2.75) is 6.42 Å². The standard InChI is InChI=1S/C20H19NO7/c22-19(21-14-2-4-16-18(11-14)27-8-6-25-16)12-28-20(23)10-13-1-3-15-17(9-13)26-7-5-24-15/h1-4,9,11H,5-8,10,12H2,(H,21,22). The molecule has 0 spiro atoms. The fourth-order valence-corrected chi connectivity index (χ4v) is 2.88. The first-order chi connectivity index (χ1) is 13.7. The number of nitrogens with one attached hydrogen (secondary N) is 1. The van der Waals surface area contributed by atoms with Gasteiger partial charge in [-0.25, -0.2) is 0 Å². The molecule has 8 nitrogen and oxygen atoms in total. The second kappa shape index (κ2) is 8.08. The van der Waals surface area contributed by atoms with Crippen LogP contribution in [0.5, 0.6) is 23.0 Å². The Kier molecular flexibility index (Phi) is 5.18. The second-order valence-electron chi connectivity index (χ2n) is 6.22. The summed E-state index contributed by atoms with van der Waals surface area (Å²) in [6.07, 6.45) is 0.0357. The van der Waals surface area contributed by atoms with E-state index in [9.17, 15) is 9.59 Å². The minimum atomic E-state index is -0.506. The molecule has 2 aromatic rings. The van der Waals surface area contributed by atoms with E-state index in [1.165, 1.54) is 0 Å². The molecule has 2 aliphatic rings. The third kappa shape index (κ3) is 4.28. The molecule has 28 heavy (non-hydrogen) atoms. The van der Waals surface area contributed by atoms with E-state index in [2.05, 4.69) is 5.32 Å². The van der Waals surface area contributed by atoms with Crippen LogP contribution < -0.4 is 24.3 Å². The number of anilines is 1. The van der Waals surface area contributed by atoms with Crippen molar-refractivity contribution >= 4 is 17.6 Å². The van der Waals surface area contributed by atoms with Crippen LogP contribution in [0.25, 0.3) is 0 Å². The lowest BCUT2D eigenvalue weighted by Crippen LogP contribution is -2.22. The predicted molar refractivity (Wildman–Crippen MR) is 98.2 cm³/mol. The molecule has 0 radical (unpaired) electrons. The van der Waals surface area contributed by atoms with Crippen LogP contribution in [-0.4, -0.2) is 44.9 Å². The van der Waals surface area contributed by atoms with Crippen LogP contribution in [0, 0.1) is 0 Å². The number of carbonyl (C=O) groups is 2. The van der Waals surface area contributed by atoms with Crippen LogP contribution in [0.2, 0.25) is 0 Å². The van der Waals surface area contributed by atoms with Gasteiger partial charge in [-0.05, 0) is 29.8 Å². The summed E-state index contributed by atoms with van der Waals surface area (Å²) in [5.74, 6) is 1.52. The van der Waals surface area contributed by atoms with Crippen LogP contribution in [-0.2, 0) is 20.7 Å². The van der Waals surface area contributed by atoms with E-state index in [0.29, 0.717) is 55.1 Å². The molecule has 1 N–H and O–H groups in total. The van der Waals surface area contributed by atoms with Gasteiger partial charge < -0.3 is 29.0 Å². The van der Waals surface area contributed by atoms with Crippen LogP contribution in [0.3, 0.4) is 0 Å². The topological polar surface area (TPSA) is 92.3 Å². The van der Waals surface area contributed by atoms with E-state index in [0.717, 1.165) is 5.56 Å². The Hall–Kier alpha value is -3.42. The highest BCUT2D eigenvalue weighted by atomic mass is 16.6. The highest BCUT2D eigenvalue weighted by Crippen LogP contribution is 2.33. The average molecular weight is 385 g/mol. The Bertz CT molecular complexity index is 823. The van der Waals surface area contributed by atoms with Crippen LogP contribution in [0.4, 0.5) is 5.69 Å². The number of hydrogen-bond donors (Lipinski definition) is 1. The maximum atomic E-state index is 12.0. The number of amides is 1. The number of esters is 1. The van der Waals surface area contributed by atoms with Gasteiger partial charge in [0.05, 0.1) is 6.42 Å². The fourth-order valence-electron chi connectivity index (χ4n) is 2.88. The van der Waals surface area contributed by atoms with E-state index in [-0.39, 0.29) is 13.0 Å². The molecule has 2 aliphatic heterocycles. The summed E-state index contributed by atoms with van der Waals surface area (Å²) in [5.41, 5.74) is 1.26. The summed E-state index contributed by atoms with van der Waals surface area (Å²) in [6, 6.07) is 10.4. The number of hydrogen-bond acceptors (Lipinski definition) is 7. The van der Waals surface area contributed by atoms with Crippen LogP contribution >= 0.6 is 0 Å². The van der Waals surface area contributed by atoms with Gasteiger partial charge in [-0.15, -0.1) is 0 Å². The molecule has 0 aliphatic carbocycles. The molecule has 8 heteroatoms. The van der Waals surface area contributed by atoms with Crippen molar-refractivity contribution in [1.29, 1.82) is 0 Å². The molecule has 2 aromatic carbocycles. The highest BCUT2D eigenvalue weighted by Gasteiger charge is 2.16. The first-order valence-electron chi connectivity index (χ1n) is 8.91. The van der Waals surface area contributed by atoms with Gasteiger partial charge in [0.2, 0.25) is 0 Å². The Balaban J connectivity index is 1.27. The molecule has 4 rings (SSSR count). The minimum absolute atomic E-state index is 0.0357. The maximum absolute atomic E-state index is 12.0. The fraction of sp³-hybridized carbons (Fsp3) is 0.300. The number of ether oxygens (including phenoxy) is 5. The highest BCUT2D eigenvalue weighted by molar-refractivity contribution is 5.93. The first kappa shape index (κ1) is 18.0. The third-order valence-electron chi connectivity index (χ3n) is 4.15. The summed E-state index contributed by atoms with van der Waals surface area (Å²) in [4.78, 5) is 24.1. The predicted octanol–water partition coefficient (Wildman–Crippen LogP) is 1.95. The van der Waals surface area contributed by atoms with Gasteiger partial charge in [0.25, 0.3) is 5.91 Å². The van der Waals surface area contributed by atoms with E-state index >= 15 is 0 Å². The molecule has 1 amide bonds. The zero-order chi connectivity index (χ0) is 19.3. The Labute approximate surface area is 161 Å². The Morgan fingerprint density at radius 2 is 1.43 bits per heavy atom. The molecule has 0 aromatic heterocycles. The monoisotopic (exact) mass is 385 g/mol. The van der Waals surface area contributed by atoms with E-state index in [1.807, 2.05) is 0 Å². The van der Waals surface area contributed by atoms with E-state index in [4.69, 9.17) is 23.7 Å². The molecule has 0 saturated carbocycles. The molecule has 0 saturated heterocycles. The van der Waals surface area contributed by atoms with E-state index < -0.39 is 11.9 Å². The molecule has 0 unspecified atom stereocenters. The summed E-state index contributed by atoms with van der Waals surface area (Å²) < 4.78 is 26.9. The third-order valence-corrected chi connectivity index (χ3v) is 4.15. The minimum Gasteiger partial charge on any atom is -0.486 e. The van der Waals surface area contributed by atoms with E-state index in [1.54, 1.807) is 36.4 Å². The van der Waals surface area contributed by atoms with Crippen molar-refractivity contribution in [3.63, 3.8) is 0 Å². The lowest BCUT2D eigenvalue weighted by atomic mass is 10.1. The lowest BCUT2D eigenvalue weighted by molar-refractivity contribution is -0.146. The number of fused-ring (bicyclic) bond motifs is 2. The summed E-state index contributed by atoms with van der Waals surface area (Å²) in [6.45, 7) is 1.56. The zero-order valence-corrected chi connectivity index (χ0v) is 15.1. The van der Waals surface area contributed by atoms with Crippen molar-refractivity contribution in [3.05, 3.63) is 42.0 Å². The molecule has 0 fully saturated rings. The van der Waals surface area contributed by atoms with Crippen molar-refractivity contribution < 1.29 is 33.3 Å². The first-order valence-corrected chi connectivity index (χ1v) is 8.91. The molecular formula is C20H19NO7. The van der Waals surface area contributed by atoms with Gasteiger partial charge in [-0.3, -0.25) is 9.59 Å². The maximum Gasteiger partial charge on any atom is 0.310 e. The second-order valence-corrected chi connectivity index (χ2v) is 6.22. The summed E-state index contributed by atoms with van der Waals surface area (Å²) in [5, 5.41) is 2.66. The van der Waals surface area contributed by atoms with Crippen LogP contribution in [0.1, 0.15) is 5.56 Å². The van der Waals surface area contributed by atoms with Crippen molar-refractivity contribution in [2.75, 3.05) is 38.4 Å². The van der Waals surface area contributed by atoms with Gasteiger partial charge in [0.15, 0.2) is 29.6 Å². The quantitative estimate of drug-likeness (QED) is 0.787. The van der Waals surface area contributed by atoms with Crippen molar-refractivity contribution in [3.8, 4) is 23.0 Å². The SMILES string of the molecule is O=C(COC(=O)Cc1ccc2c(c1)OCCO2)Nc1ccc2c(c1)OCCO2. The summed E-state index contributed by atoms with van der Waals surface area (Å²) >= 11 is 0. The largest absolute Gasteiger partial charge is 0.486 e. The van der Waals surface area contributed by atoms with Gasteiger partial charge in [-0.1, -0.05) is 6.07 Å². The molecule has 2 heterocycles. The average Bonchev–Trinajstić information content (AvgIpc) is 2.72. The van der Waals surface area contributed by atoms with Crippen molar-refractivity contribution in [1.82, 2.24) is 0 Å². The number of carbonyl (C=O) groups excluding carboxylic acids is 2. The van der Waals surface area contributed by atoms with Gasteiger partial charge in [0.1, 0.15) is 26.4 Å². The zero-order valence-electron chi connectivity index (χ0n) is 15.1. The van der Waals surface area contributed by atoms with Gasteiger partial charge in [-0.2, -0.15) is 0 Å². The van der Waals surface area contributed by atoms with Gasteiger partial charge in [0, 0.05) is 11.8 Å². The molecule has 0 atom stereocenters. The van der Waals surface area contributed by atoms with Crippen molar-refractivity contribution in [2.24, 2.45) is 0 Å².